The lowest BCUT2D eigenvalue weighted by atomic mass is 10.2. The molecule has 0 radical (unpaired) electrons. The van der Waals surface area contributed by atoms with Gasteiger partial charge in [-0.3, -0.25) is 0 Å². The van der Waals surface area contributed by atoms with Gasteiger partial charge in [0.15, 0.2) is 0 Å². The van der Waals surface area contributed by atoms with Crippen molar-refractivity contribution in [2.45, 2.75) is 20.8 Å². The van der Waals surface area contributed by atoms with Gasteiger partial charge in [0, 0.05) is 18.8 Å². The molecule has 0 spiro atoms. The summed E-state index contributed by atoms with van der Waals surface area (Å²) in [5.74, 6) is 0.931. The molecule has 0 fully saturated rings. The van der Waals surface area contributed by atoms with E-state index >= 15 is 0 Å². The third-order valence-electron chi connectivity index (χ3n) is 2.45. The number of anilines is 1. The minimum atomic E-state index is 0.931. The number of benzene rings is 1. The number of aryl methyl sites for hydroxylation is 1. The van der Waals surface area contributed by atoms with E-state index in [9.17, 15) is 0 Å². The van der Waals surface area contributed by atoms with Crippen LogP contribution in [0.15, 0.2) is 18.2 Å². The van der Waals surface area contributed by atoms with Gasteiger partial charge in [0.2, 0.25) is 0 Å². The first-order chi connectivity index (χ1) is 7.21. The van der Waals surface area contributed by atoms with Crippen LogP contribution in [-0.4, -0.2) is 25.2 Å². The van der Waals surface area contributed by atoms with Crippen molar-refractivity contribution < 1.29 is 4.74 Å². The van der Waals surface area contributed by atoms with Gasteiger partial charge >= 0.3 is 0 Å². The van der Waals surface area contributed by atoms with Gasteiger partial charge in [-0.25, -0.2) is 5.01 Å². The Morgan fingerprint density at radius 1 is 1.27 bits per heavy atom. The van der Waals surface area contributed by atoms with Gasteiger partial charge in [0.05, 0.1) is 7.11 Å². The van der Waals surface area contributed by atoms with Crippen molar-refractivity contribution >= 4 is 5.69 Å². The highest BCUT2D eigenvalue weighted by atomic mass is 16.5. The fourth-order valence-electron chi connectivity index (χ4n) is 1.51. The molecular weight excluding hydrogens is 188 g/mol. The van der Waals surface area contributed by atoms with E-state index in [0.29, 0.717) is 0 Å². The summed E-state index contributed by atoms with van der Waals surface area (Å²) in [6.07, 6.45) is 0. The van der Waals surface area contributed by atoms with Crippen molar-refractivity contribution in [2.24, 2.45) is 0 Å². The maximum absolute atomic E-state index is 5.22. The molecule has 0 unspecified atom stereocenters. The van der Waals surface area contributed by atoms with Gasteiger partial charge in [-0.2, -0.15) is 0 Å². The van der Waals surface area contributed by atoms with Gasteiger partial charge < -0.3 is 10.2 Å². The third kappa shape index (κ3) is 3.13. The molecule has 0 amide bonds. The summed E-state index contributed by atoms with van der Waals surface area (Å²) in [5, 5.41) is 2.15. The second kappa shape index (κ2) is 5.61. The average Bonchev–Trinajstić information content (AvgIpc) is 2.26. The van der Waals surface area contributed by atoms with Crippen molar-refractivity contribution in [1.82, 2.24) is 5.01 Å². The van der Waals surface area contributed by atoms with Crippen LogP contribution in [0.1, 0.15) is 19.4 Å². The van der Waals surface area contributed by atoms with E-state index in [1.807, 2.05) is 19.1 Å². The monoisotopic (exact) mass is 208 g/mol. The molecule has 3 nitrogen and oxygen atoms in total. The first kappa shape index (κ1) is 11.9. The molecule has 84 valence electrons. The van der Waals surface area contributed by atoms with Gasteiger partial charge in [0.1, 0.15) is 5.75 Å². The van der Waals surface area contributed by atoms with Crippen LogP contribution in [0.3, 0.4) is 0 Å². The van der Waals surface area contributed by atoms with Crippen LogP contribution in [0.25, 0.3) is 0 Å². The van der Waals surface area contributed by atoms with Crippen LogP contribution in [0.4, 0.5) is 5.69 Å². The number of rotatable bonds is 5. The number of nitrogens with zero attached hydrogens (tertiary/aromatic N) is 1. The normalized spacial score (nSPS) is 10.5. The van der Waals surface area contributed by atoms with Crippen molar-refractivity contribution in [3.05, 3.63) is 23.8 Å². The molecule has 0 saturated carbocycles. The number of hydrogen-bond donors (Lipinski definition) is 1. The Kier molecular flexibility index (Phi) is 4.43. The van der Waals surface area contributed by atoms with E-state index in [1.165, 1.54) is 0 Å². The van der Waals surface area contributed by atoms with E-state index < -0.39 is 0 Å². The van der Waals surface area contributed by atoms with Crippen LogP contribution in [-0.2, 0) is 0 Å². The molecule has 0 aliphatic heterocycles. The first-order valence-electron chi connectivity index (χ1n) is 5.37. The highest BCUT2D eigenvalue weighted by molar-refractivity contribution is 5.50. The zero-order valence-electron chi connectivity index (χ0n) is 10.0. The van der Waals surface area contributed by atoms with Crippen LogP contribution < -0.4 is 10.2 Å². The Bertz CT molecular complexity index is 308. The standard InChI is InChI=1S/C12H20N2O/c1-5-14(6-2)13-11-7-8-12(15-4)10(3)9-11/h7-9,13H,5-6H2,1-4H3. The summed E-state index contributed by atoms with van der Waals surface area (Å²) < 4.78 is 5.22. The van der Waals surface area contributed by atoms with Gasteiger partial charge in [0.25, 0.3) is 0 Å². The van der Waals surface area contributed by atoms with E-state index in [-0.39, 0.29) is 0 Å². The summed E-state index contributed by atoms with van der Waals surface area (Å²) in [5.41, 5.74) is 5.60. The number of nitrogens with one attached hydrogen (secondary N) is 1. The molecule has 0 saturated heterocycles. The van der Waals surface area contributed by atoms with Crippen LogP contribution in [0, 0.1) is 6.92 Å². The van der Waals surface area contributed by atoms with E-state index in [2.05, 4.69) is 30.3 Å². The largest absolute Gasteiger partial charge is 0.496 e. The average molecular weight is 208 g/mol. The Labute approximate surface area is 92.0 Å². The van der Waals surface area contributed by atoms with E-state index in [1.54, 1.807) is 7.11 Å². The quantitative estimate of drug-likeness (QED) is 0.753. The minimum Gasteiger partial charge on any atom is -0.496 e. The highest BCUT2D eigenvalue weighted by Crippen LogP contribution is 2.21. The van der Waals surface area contributed by atoms with Gasteiger partial charge in [-0.15, -0.1) is 0 Å². The van der Waals surface area contributed by atoms with Crippen LogP contribution >= 0.6 is 0 Å². The van der Waals surface area contributed by atoms with Crippen molar-refractivity contribution in [3.63, 3.8) is 0 Å². The molecule has 1 rings (SSSR count). The number of ether oxygens (including phenoxy) is 1. The van der Waals surface area contributed by atoms with Crippen molar-refractivity contribution in [1.29, 1.82) is 0 Å². The Hall–Kier alpha value is -1.22. The summed E-state index contributed by atoms with van der Waals surface area (Å²) in [4.78, 5) is 0. The second-order valence-corrected chi connectivity index (χ2v) is 3.47. The summed E-state index contributed by atoms with van der Waals surface area (Å²) in [6.45, 7) is 8.29. The predicted molar refractivity (Wildman–Crippen MR) is 64.3 cm³/mol. The molecular formula is C12H20N2O. The van der Waals surface area contributed by atoms with Crippen molar-refractivity contribution in [3.8, 4) is 5.75 Å². The lowest BCUT2D eigenvalue weighted by molar-refractivity contribution is 0.367. The molecule has 0 bridgehead atoms. The molecule has 0 aliphatic rings. The Balaban J connectivity index is 2.74. The van der Waals surface area contributed by atoms with Crippen LogP contribution in [0.2, 0.25) is 0 Å². The summed E-state index contributed by atoms with van der Waals surface area (Å²) in [6, 6.07) is 6.11. The van der Waals surface area contributed by atoms with Crippen molar-refractivity contribution in [2.75, 3.05) is 25.6 Å². The fourth-order valence-corrected chi connectivity index (χ4v) is 1.51. The number of methoxy groups -OCH3 is 1. The van der Waals surface area contributed by atoms with Crippen LogP contribution in [0.5, 0.6) is 5.75 Å². The molecule has 3 heteroatoms. The molecule has 0 heterocycles. The maximum Gasteiger partial charge on any atom is 0.121 e. The smallest absolute Gasteiger partial charge is 0.121 e. The van der Waals surface area contributed by atoms with Gasteiger partial charge in [-0.05, 0) is 30.7 Å². The van der Waals surface area contributed by atoms with Gasteiger partial charge in [-0.1, -0.05) is 13.8 Å². The summed E-state index contributed by atoms with van der Waals surface area (Å²) in [7, 11) is 1.69. The lowest BCUT2D eigenvalue weighted by Gasteiger charge is -2.21. The zero-order valence-corrected chi connectivity index (χ0v) is 10.0. The molecule has 1 aromatic carbocycles. The molecule has 0 aliphatic carbocycles. The Morgan fingerprint density at radius 3 is 2.40 bits per heavy atom. The summed E-state index contributed by atoms with van der Waals surface area (Å²) >= 11 is 0. The molecule has 1 N–H and O–H groups in total. The topological polar surface area (TPSA) is 24.5 Å². The SMILES string of the molecule is CCN(CC)Nc1ccc(OC)c(C)c1. The second-order valence-electron chi connectivity index (χ2n) is 3.47. The first-order valence-corrected chi connectivity index (χ1v) is 5.37. The minimum absolute atomic E-state index is 0.931. The molecule has 1 aromatic rings. The number of hydrazine groups is 1. The van der Waals surface area contributed by atoms with E-state index in [0.717, 1.165) is 30.1 Å². The Morgan fingerprint density at radius 2 is 1.93 bits per heavy atom. The zero-order chi connectivity index (χ0) is 11.3. The molecule has 0 aromatic heterocycles. The molecule has 0 atom stereocenters. The third-order valence-corrected chi connectivity index (χ3v) is 2.45. The highest BCUT2D eigenvalue weighted by Gasteiger charge is 2.02. The maximum atomic E-state index is 5.22. The lowest BCUT2D eigenvalue weighted by Crippen LogP contribution is -2.29. The fraction of sp³-hybridized carbons (Fsp3) is 0.500. The van der Waals surface area contributed by atoms with E-state index in [4.69, 9.17) is 4.74 Å². The molecule has 15 heavy (non-hydrogen) atoms. The number of hydrogen-bond acceptors (Lipinski definition) is 3. The predicted octanol–water partition coefficient (Wildman–Crippen LogP) is 2.67.